The van der Waals surface area contributed by atoms with Crippen LogP contribution in [0.5, 0.6) is 0 Å². The van der Waals surface area contributed by atoms with Crippen molar-refractivity contribution in [1.82, 2.24) is 4.90 Å². The monoisotopic (exact) mass is 268 g/mol. The number of halogens is 1. The average molecular weight is 269 g/mol. The number of hydrogen-bond acceptors (Lipinski definition) is 2. The molecule has 0 aromatic heterocycles. The number of amides is 1. The Labute approximate surface area is 114 Å². The van der Waals surface area contributed by atoms with Crippen LogP contribution in [-0.2, 0) is 0 Å². The fraction of sp³-hybridized carbons (Fsp3) is 0.500. The van der Waals surface area contributed by atoms with Crippen molar-refractivity contribution in [3.05, 3.63) is 28.8 Å². The topological polar surface area (TPSA) is 46.3 Å². The van der Waals surface area contributed by atoms with Gasteiger partial charge in [-0.2, -0.15) is 0 Å². The number of rotatable bonds is 5. The van der Waals surface area contributed by atoms with Gasteiger partial charge in [0, 0.05) is 18.8 Å². The van der Waals surface area contributed by atoms with Gasteiger partial charge in [0.15, 0.2) is 0 Å². The zero-order chi connectivity index (χ0) is 13.7. The molecule has 0 aliphatic rings. The maximum Gasteiger partial charge on any atom is 0.255 e. The molecule has 100 valence electrons. The predicted octanol–water partition coefficient (Wildman–Crippen LogP) is 3.43. The lowest BCUT2D eigenvalue weighted by molar-refractivity contribution is 0.0741. The van der Waals surface area contributed by atoms with Crippen molar-refractivity contribution < 1.29 is 4.79 Å². The van der Waals surface area contributed by atoms with E-state index in [-0.39, 0.29) is 5.91 Å². The van der Waals surface area contributed by atoms with E-state index < -0.39 is 0 Å². The van der Waals surface area contributed by atoms with Crippen molar-refractivity contribution in [3.8, 4) is 0 Å². The number of nitrogens with zero attached hydrogens (tertiary/aromatic N) is 1. The minimum absolute atomic E-state index is 0.0462. The highest BCUT2D eigenvalue weighted by Gasteiger charge is 2.18. The lowest BCUT2D eigenvalue weighted by atomic mass is 10.1. The van der Waals surface area contributed by atoms with Gasteiger partial charge in [-0.1, -0.05) is 31.9 Å². The zero-order valence-electron chi connectivity index (χ0n) is 11.2. The van der Waals surface area contributed by atoms with E-state index in [1.54, 1.807) is 18.2 Å². The maximum atomic E-state index is 12.4. The van der Waals surface area contributed by atoms with Gasteiger partial charge >= 0.3 is 0 Å². The first-order valence-corrected chi connectivity index (χ1v) is 6.71. The van der Waals surface area contributed by atoms with Crippen molar-refractivity contribution >= 4 is 23.2 Å². The standard InChI is InChI=1S/C14H21ClN2O/c1-4-10(3)9-17(5-2)14(18)12-8-11(16)6-7-13(12)15/h6-8,10H,4-5,9,16H2,1-3H3. The summed E-state index contributed by atoms with van der Waals surface area (Å²) >= 11 is 6.06. The molecule has 0 saturated carbocycles. The van der Waals surface area contributed by atoms with Crippen LogP contribution in [-0.4, -0.2) is 23.9 Å². The normalized spacial score (nSPS) is 12.2. The van der Waals surface area contributed by atoms with Crippen molar-refractivity contribution in [1.29, 1.82) is 0 Å². The van der Waals surface area contributed by atoms with Gasteiger partial charge in [0.25, 0.3) is 5.91 Å². The van der Waals surface area contributed by atoms with Gasteiger partial charge in [0.1, 0.15) is 0 Å². The Morgan fingerprint density at radius 1 is 1.44 bits per heavy atom. The Bertz CT molecular complexity index is 420. The first-order chi connectivity index (χ1) is 8.49. The number of hydrogen-bond donors (Lipinski definition) is 1. The second kappa shape index (κ2) is 6.64. The largest absolute Gasteiger partial charge is 0.399 e. The molecule has 0 aliphatic carbocycles. The van der Waals surface area contributed by atoms with E-state index in [1.807, 2.05) is 11.8 Å². The third-order valence-corrected chi connectivity index (χ3v) is 3.45. The molecule has 1 unspecified atom stereocenters. The fourth-order valence-electron chi connectivity index (χ4n) is 1.74. The van der Waals surface area contributed by atoms with Gasteiger partial charge in [-0.05, 0) is 31.0 Å². The van der Waals surface area contributed by atoms with Gasteiger partial charge < -0.3 is 10.6 Å². The SMILES string of the molecule is CCC(C)CN(CC)C(=O)c1cc(N)ccc1Cl. The fourth-order valence-corrected chi connectivity index (χ4v) is 1.94. The Balaban J connectivity index is 2.92. The molecule has 0 radical (unpaired) electrons. The molecule has 1 atom stereocenters. The maximum absolute atomic E-state index is 12.4. The van der Waals surface area contributed by atoms with E-state index in [4.69, 9.17) is 17.3 Å². The summed E-state index contributed by atoms with van der Waals surface area (Å²) in [4.78, 5) is 14.2. The van der Waals surface area contributed by atoms with E-state index in [9.17, 15) is 4.79 Å². The highest BCUT2D eigenvalue weighted by molar-refractivity contribution is 6.34. The zero-order valence-corrected chi connectivity index (χ0v) is 12.0. The van der Waals surface area contributed by atoms with Gasteiger partial charge in [0.2, 0.25) is 0 Å². The molecule has 0 spiro atoms. The van der Waals surface area contributed by atoms with E-state index in [0.29, 0.717) is 28.7 Å². The van der Waals surface area contributed by atoms with Crippen LogP contribution in [0.25, 0.3) is 0 Å². The van der Waals surface area contributed by atoms with Crippen LogP contribution < -0.4 is 5.73 Å². The van der Waals surface area contributed by atoms with Crippen LogP contribution in [0.2, 0.25) is 5.02 Å². The Hall–Kier alpha value is -1.22. The lowest BCUT2D eigenvalue weighted by Crippen LogP contribution is -2.34. The van der Waals surface area contributed by atoms with Crippen LogP contribution in [0, 0.1) is 5.92 Å². The van der Waals surface area contributed by atoms with E-state index in [2.05, 4.69) is 13.8 Å². The second-order valence-electron chi connectivity index (χ2n) is 4.60. The molecule has 1 aromatic rings. The minimum atomic E-state index is -0.0462. The number of benzene rings is 1. The first kappa shape index (κ1) is 14.8. The Morgan fingerprint density at radius 2 is 2.11 bits per heavy atom. The minimum Gasteiger partial charge on any atom is -0.399 e. The van der Waals surface area contributed by atoms with E-state index in [0.717, 1.165) is 13.0 Å². The molecule has 4 heteroatoms. The summed E-state index contributed by atoms with van der Waals surface area (Å²) in [6.45, 7) is 7.65. The van der Waals surface area contributed by atoms with E-state index in [1.165, 1.54) is 0 Å². The van der Waals surface area contributed by atoms with Gasteiger partial charge in [-0.15, -0.1) is 0 Å². The third kappa shape index (κ3) is 3.64. The molecular weight excluding hydrogens is 248 g/mol. The first-order valence-electron chi connectivity index (χ1n) is 6.33. The number of carbonyl (C=O) groups excluding carboxylic acids is 1. The molecule has 0 aliphatic heterocycles. The van der Waals surface area contributed by atoms with Crippen LogP contribution in [0.1, 0.15) is 37.6 Å². The van der Waals surface area contributed by atoms with Crippen LogP contribution >= 0.6 is 11.6 Å². The highest BCUT2D eigenvalue weighted by Crippen LogP contribution is 2.21. The van der Waals surface area contributed by atoms with Crippen molar-refractivity contribution in [3.63, 3.8) is 0 Å². The van der Waals surface area contributed by atoms with E-state index >= 15 is 0 Å². The Morgan fingerprint density at radius 3 is 2.67 bits per heavy atom. The molecule has 0 saturated heterocycles. The highest BCUT2D eigenvalue weighted by atomic mass is 35.5. The van der Waals surface area contributed by atoms with Crippen LogP contribution in [0.3, 0.4) is 0 Å². The second-order valence-corrected chi connectivity index (χ2v) is 5.00. The van der Waals surface area contributed by atoms with Gasteiger partial charge in [-0.25, -0.2) is 0 Å². The molecule has 3 nitrogen and oxygen atoms in total. The summed E-state index contributed by atoms with van der Waals surface area (Å²) in [5.41, 5.74) is 6.75. The summed E-state index contributed by atoms with van der Waals surface area (Å²) in [6, 6.07) is 5.01. The summed E-state index contributed by atoms with van der Waals surface area (Å²) < 4.78 is 0. The lowest BCUT2D eigenvalue weighted by Gasteiger charge is -2.24. The Kier molecular flexibility index (Phi) is 5.48. The van der Waals surface area contributed by atoms with Crippen molar-refractivity contribution in [2.24, 2.45) is 5.92 Å². The van der Waals surface area contributed by atoms with Crippen molar-refractivity contribution in [2.75, 3.05) is 18.8 Å². The summed E-state index contributed by atoms with van der Waals surface area (Å²) in [5.74, 6) is 0.434. The van der Waals surface area contributed by atoms with Crippen LogP contribution in [0.4, 0.5) is 5.69 Å². The molecule has 1 rings (SSSR count). The number of nitrogen functional groups attached to an aromatic ring is 1. The van der Waals surface area contributed by atoms with Gasteiger partial charge in [-0.3, -0.25) is 4.79 Å². The molecule has 1 amide bonds. The molecule has 0 bridgehead atoms. The number of nitrogens with two attached hydrogens (primary N) is 1. The smallest absolute Gasteiger partial charge is 0.255 e. The number of carbonyl (C=O) groups is 1. The molecule has 1 aromatic carbocycles. The molecule has 0 fully saturated rings. The summed E-state index contributed by atoms with van der Waals surface area (Å²) in [5, 5.41) is 0.455. The molecule has 2 N–H and O–H groups in total. The quantitative estimate of drug-likeness (QED) is 0.832. The summed E-state index contributed by atoms with van der Waals surface area (Å²) in [7, 11) is 0. The van der Waals surface area contributed by atoms with Crippen LogP contribution in [0.15, 0.2) is 18.2 Å². The predicted molar refractivity (Wildman–Crippen MR) is 76.9 cm³/mol. The van der Waals surface area contributed by atoms with Crippen molar-refractivity contribution in [2.45, 2.75) is 27.2 Å². The average Bonchev–Trinajstić information content (AvgIpc) is 2.37. The molecule has 0 heterocycles. The van der Waals surface area contributed by atoms with Gasteiger partial charge in [0.05, 0.1) is 10.6 Å². The number of anilines is 1. The molecular formula is C14H21ClN2O. The summed E-state index contributed by atoms with van der Waals surface area (Å²) in [6.07, 6.45) is 1.05. The molecule has 18 heavy (non-hydrogen) atoms. The third-order valence-electron chi connectivity index (χ3n) is 3.12.